The second kappa shape index (κ2) is 7.65. The maximum atomic E-state index is 12.9. The number of non-ortho nitro benzene ring substituents is 1. The molecular weight excluding hydrogens is 332 g/mol. The molecule has 0 spiro atoms. The van der Waals surface area contributed by atoms with E-state index in [1.807, 2.05) is 37.3 Å². The van der Waals surface area contributed by atoms with Crippen molar-refractivity contribution >= 4 is 11.6 Å². The molecule has 0 aliphatic carbocycles. The first kappa shape index (κ1) is 17.4. The average molecular weight is 350 g/mol. The molecule has 0 unspecified atom stereocenters. The molecule has 6 heteroatoms. The van der Waals surface area contributed by atoms with Gasteiger partial charge in [0.15, 0.2) is 0 Å². The van der Waals surface area contributed by atoms with E-state index in [1.54, 1.807) is 17.2 Å². The van der Waals surface area contributed by atoms with Crippen molar-refractivity contribution in [2.45, 2.75) is 20.0 Å². The van der Waals surface area contributed by atoms with Gasteiger partial charge in [0, 0.05) is 24.2 Å². The van der Waals surface area contributed by atoms with E-state index in [2.05, 4.69) is 0 Å². The fraction of sp³-hybridized carbons (Fsp3) is 0.150. The number of furan rings is 1. The van der Waals surface area contributed by atoms with E-state index in [-0.39, 0.29) is 11.6 Å². The normalized spacial score (nSPS) is 10.5. The van der Waals surface area contributed by atoms with Crippen LogP contribution in [0, 0.1) is 17.0 Å². The third kappa shape index (κ3) is 4.16. The maximum Gasteiger partial charge on any atom is 0.269 e. The van der Waals surface area contributed by atoms with Crippen molar-refractivity contribution in [2.24, 2.45) is 0 Å². The molecular formula is C20H18N2O4. The quantitative estimate of drug-likeness (QED) is 0.489. The predicted octanol–water partition coefficient (Wildman–Crippen LogP) is 4.34. The van der Waals surface area contributed by atoms with Crippen LogP contribution in [0.25, 0.3) is 0 Å². The molecule has 6 nitrogen and oxygen atoms in total. The van der Waals surface area contributed by atoms with E-state index in [0.717, 1.165) is 11.1 Å². The molecule has 0 N–H and O–H groups in total. The SMILES string of the molecule is Cc1ccc(CN(Cc2ccco2)C(=O)c2ccc([N+](=O)[O-])cc2)cc1. The summed E-state index contributed by atoms with van der Waals surface area (Å²) >= 11 is 0. The van der Waals surface area contributed by atoms with E-state index < -0.39 is 4.92 Å². The lowest BCUT2D eigenvalue weighted by atomic mass is 10.1. The molecule has 0 atom stereocenters. The number of nitrogens with zero attached hydrogens (tertiary/aromatic N) is 2. The first-order chi connectivity index (χ1) is 12.5. The van der Waals surface area contributed by atoms with Gasteiger partial charge < -0.3 is 9.32 Å². The molecule has 1 amide bonds. The zero-order chi connectivity index (χ0) is 18.5. The molecule has 1 heterocycles. The third-order valence-corrected chi connectivity index (χ3v) is 4.03. The third-order valence-electron chi connectivity index (χ3n) is 4.03. The van der Waals surface area contributed by atoms with Gasteiger partial charge in [-0.05, 0) is 36.8 Å². The number of nitro benzene ring substituents is 1. The van der Waals surface area contributed by atoms with Gasteiger partial charge in [0.2, 0.25) is 0 Å². The van der Waals surface area contributed by atoms with Crippen molar-refractivity contribution in [3.63, 3.8) is 0 Å². The molecule has 0 saturated heterocycles. The van der Waals surface area contributed by atoms with Crippen molar-refractivity contribution in [1.29, 1.82) is 0 Å². The van der Waals surface area contributed by atoms with Gasteiger partial charge >= 0.3 is 0 Å². The van der Waals surface area contributed by atoms with Gasteiger partial charge in [0.25, 0.3) is 11.6 Å². The molecule has 26 heavy (non-hydrogen) atoms. The van der Waals surface area contributed by atoms with Crippen molar-refractivity contribution in [1.82, 2.24) is 4.90 Å². The lowest BCUT2D eigenvalue weighted by Gasteiger charge is -2.22. The molecule has 3 aromatic rings. The molecule has 0 fully saturated rings. The van der Waals surface area contributed by atoms with Crippen LogP contribution in [-0.2, 0) is 13.1 Å². The van der Waals surface area contributed by atoms with Gasteiger partial charge in [-0.3, -0.25) is 14.9 Å². The van der Waals surface area contributed by atoms with Crippen LogP contribution in [0.15, 0.2) is 71.3 Å². The second-order valence-corrected chi connectivity index (χ2v) is 6.03. The Morgan fingerprint density at radius 1 is 1.04 bits per heavy atom. The van der Waals surface area contributed by atoms with Gasteiger partial charge in [0.1, 0.15) is 5.76 Å². The summed E-state index contributed by atoms with van der Waals surface area (Å²) < 4.78 is 5.37. The fourth-order valence-corrected chi connectivity index (χ4v) is 2.61. The van der Waals surface area contributed by atoms with Crippen molar-refractivity contribution in [3.05, 3.63) is 99.5 Å². The number of rotatable bonds is 6. The summed E-state index contributed by atoms with van der Waals surface area (Å²) in [5.41, 5.74) is 2.50. The van der Waals surface area contributed by atoms with E-state index in [0.29, 0.717) is 24.4 Å². The van der Waals surface area contributed by atoms with E-state index in [4.69, 9.17) is 4.42 Å². The van der Waals surface area contributed by atoms with Crippen molar-refractivity contribution in [3.8, 4) is 0 Å². The van der Waals surface area contributed by atoms with Gasteiger partial charge in [-0.15, -0.1) is 0 Å². The van der Waals surface area contributed by atoms with Crippen molar-refractivity contribution < 1.29 is 14.1 Å². The Labute approximate surface area is 150 Å². The summed E-state index contributed by atoms with van der Waals surface area (Å²) in [5.74, 6) is 0.462. The maximum absolute atomic E-state index is 12.9. The number of hydrogen-bond acceptors (Lipinski definition) is 4. The summed E-state index contributed by atoms with van der Waals surface area (Å²) in [5, 5.41) is 10.8. The summed E-state index contributed by atoms with van der Waals surface area (Å²) in [6.07, 6.45) is 1.57. The minimum atomic E-state index is -0.485. The predicted molar refractivity (Wildman–Crippen MR) is 96.6 cm³/mol. The Hall–Kier alpha value is -3.41. The van der Waals surface area contributed by atoms with Crippen LogP contribution in [0.4, 0.5) is 5.69 Å². The number of amides is 1. The van der Waals surface area contributed by atoms with Gasteiger partial charge in [-0.2, -0.15) is 0 Å². The minimum Gasteiger partial charge on any atom is -0.467 e. The van der Waals surface area contributed by atoms with Crippen LogP contribution < -0.4 is 0 Å². The van der Waals surface area contributed by atoms with Gasteiger partial charge in [0.05, 0.1) is 17.7 Å². The first-order valence-electron chi connectivity index (χ1n) is 8.14. The molecule has 2 aromatic carbocycles. The molecule has 0 radical (unpaired) electrons. The molecule has 0 aliphatic rings. The average Bonchev–Trinajstić information content (AvgIpc) is 3.15. The van der Waals surface area contributed by atoms with Crippen LogP contribution in [-0.4, -0.2) is 15.7 Å². The topological polar surface area (TPSA) is 76.6 Å². The second-order valence-electron chi connectivity index (χ2n) is 6.03. The van der Waals surface area contributed by atoms with Crippen LogP contribution in [0.1, 0.15) is 27.2 Å². The molecule has 132 valence electrons. The largest absolute Gasteiger partial charge is 0.467 e. The van der Waals surface area contributed by atoms with E-state index in [9.17, 15) is 14.9 Å². The van der Waals surface area contributed by atoms with Crippen molar-refractivity contribution in [2.75, 3.05) is 0 Å². The number of aryl methyl sites for hydroxylation is 1. The van der Waals surface area contributed by atoms with E-state index >= 15 is 0 Å². The lowest BCUT2D eigenvalue weighted by Crippen LogP contribution is -2.30. The first-order valence-corrected chi connectivity index (χ1v) is 8.14. The minimum absolute atomic E-state index is 0.0438. The highest BCUT2D eigenvalue weighted by Gasteiger charge is 2.19. The smallest absolute Gasteiger partial charge is 0.269 e. The van der Waals surface area contributed by atoms with Gasteiger partial charge in [-0.1, -0.05) is 29.8 Å². The molecule has 3 rings (SSSR count). The highest BCUT2D eigenvalue weighted by Crippen LogP contribution is 2.18. The molecule has 1 aromatic heterocycles. The molecule has 0 saturated carbocycles. The Morgan fingerprint density at radius 3 is 2.31 bits per heavy atom. The number of carbonyl (C=O) groups is 1. The highest BCUT2D eigenvalue weighted by atomic mass is 16.6. The van der Waals surface area contributed by atoms with E-state index in [1.165, 1.54) is 24.3 Å². The van der Waals surface area contributed by atoms with Crippen LogP contribution >= 0.6 is 0 Å². The Morgan fingerprint density at radius 2 is 1.73 bits per heavy atom. The summed E-state index contributed by atoms with van der Waals surface area (Å²) in [4.78, 5) is 24.9. The van der Waals surface area contributed by atoms with Crippen LogP contribution in [0.3, 0.4) is 0 Å². The fourth-order valence-electron chi connectivity index (χ4n) is 2.61. The molecule has 0 aliphatic heterocycles. The number of carbonyl (C=O) groups excluding carboxylic acids is 1. The zero-order valence-corrected chi connectivity index (χ0v) is 14.3. The standard InChI is InChI=1S/C20H18N2O4/c1-15-4-6-16(7-5-15)13-21(14-19-3-2-12-26-19)20(23)17-8-10-18(11-9-17)22(24)25/h2-12H,13-14H2,1H3. The number of benzene rings is 2. The Kier molecular flexibility index (Phi) is 5.12. The van der Waals surface area contributed by atoms with Crippen LogP contribution in [0.2, 0.25) is 0 Å². The number of nitro groups is 1. The lowest BCUT2D eigenvalue weighted by molar-refractivity contribution is -0.384. The Bertz CT molecular complexity index is 885. The number of hydrogen-bond donors (Lipinski definition) is 0. The zero-order valence-electron chi connectivity index (χ0n) is 14.3. The summed E-state index contributed by atoms with van der Waals surface area (Å²) in [6.45, 7) is 2.74. The van der Waals surface area contributed by atoms with Gasteiger partial charge in [-0.25, -0.2) is 0 Å². The summed E-state index contributed by atoms with van der Waals surface area (Å²) in [7, 11) is 0. The monoisotopic (exact) mass is 350 g/mol. The molecule has 0 bridgehead atoms. The van der Waals surface area contributed by atoms with Crippen LogP contribution in [0.5, 0.6) is 0 Å². The Balaban J connectivity index is 1.84. The highest BCUT2D eigenvalue weighted by molar-refractivity contribution is 5.94. The summed E-state index contributed by atoms with van der Waals surface area (Å²) in [6, 6.07) is 17.2.